The lowest BCUT2D eigenvalue weighted by Crippen LogP contribution is -2.38. The van der Waals surface area contributed by atoms with Crippen molar-refractivity contribution in [2.75, 3.05) is 5.73 Å². The van der Waals surface area contributed by atoms with E-state index in [2.05, 4.69) is 23.6 Å². The molecular formula is C14H15Cl2N2+. The Hall–Kier alpha value is -1.25. The number of halogens is 2. The molecule has 0 saturated heterocycles. The zero-order valence-electron chi connectivity index (χ0n) is 10.6. The van der Waals surface area contributed by atoms with Gasteiger partial charge in [-0.05, 0) is 18.6 Å². The van der Waals surface area contributed by atoms with Gasteiger partial charge in [0.25, 0.3) is 0 Å². The first-order valence-corrected chi connectivity index (χ1v) is 6.40. The van der Waals surface area contributed by atoms with Gasteiger partial charge in [-0.25, -0.2) is 0 Å². The molecular weight excluding hydrogens is 267 g/mol. The smallest absolute Gasteiger partial charge is 0.231 e. The van der Waals surface area contributed by atoms with Crippen LogP contribution in [0.15, 0.2) is 24.3 Å². The molecule has 0 spiro atoms. The molecule has 18 heavy (non-hydrogen) atoms. The molecule has 2 rings (SSSR count). The molecule has 0 amide bonds. The molecule has 1 aromatic heterocycles. The van der Waals surface area contributed by atoms with Gasteiger partial charge >= 0.3 is 0 Å². The standard InChI is InChI=1S/C14H15Cl2N2/c1-8-4-9(2)18(10(3)5-8)14-7-11(15)13(17)6-12(14)16/h4-7H,17H2,1-3H3/q+1. The SMILES string of the molecule is Cc1cc(C)[n+](-c2cc(Cl)c(N)cc2Cl)c(C)c1. The predicted octanol–water partition coefficient (Wildman–Crippen LogP) is 3.78. The van der Waals surface area contributed by atoms with Crippen molar-refractivity contribution < 1.29 is 4.57 Å². The summed E-state index contributed by atoms with van der Waals surface area (Å²) in [5.41, 5.74) is 10.5. The van der Waals surface area contributed by atoms with Crippen LogP contribution in [0.1, 0.15) is 17.0 Å². The van der Waals surface area contributed by atoms with Gasteiger partial charge in [-0.2, -0.15) is 4.57 Å². The van der Waals surface area contributed by atoms with Crippen molar-refractivity contribution in [1.82, 2.24) is 0 Å². The van der Waals surface area contributed by atoms with Crippen LogP contribution in [0.25, 0.3) is 5.69 Å². The molecule has 94 valence electrons. The van der Waals surface area contributed by atoms with Crippen LogP contribution in [0.4, 0.5) is 5.69 Å². The van der Waals surface area contributed by atoms with Crippen molar-refractivity contribution in [3.05, 3.63) is 51.3 Å². The van der Waals surface area contributed by atoms with Gasteiger partial charge in [0.1, 0.15) is 5.02 Å². The number of nitrogen functional groups attached to an aromatic ring is 1. The maximum atomic E-state index is 6.26. The summed E-state index contributed by atoms with van der Waals surface area (Å²) in [7, 11) is 0. The van der Waals surface area contributed by atoms with Gasteiger partial charge in [0.2, 0.25) is 5.69 Å². The largest absolute Gasteiger partial charge is 0.397 e. The third-order valence-electron chi connectivity index (χ3n) is 2.89. The van der Waals surface area contributed by atoms with Crippen LogP contribution < -0.4 is 10.3 Å². The van der Waals surface area contributed by atoms with Crippen LogP contribution >= 0.6 is 23.2 Å². The molecule has 1 aromatic carbocycles. The number of aromatic nitrogens is 1. The van der Waals surface area contributed by atoms with E-state index in [0.717, 1.165) is 17.1 Å². The summed E-state index contributed by atoms with van der Waals surface area (Å²) in [6, 6.07) is 7.70. The average Bonchev–Trinajstić information content (AvgIpc) is 2.24. The second-order valence-electron chi connectivity index (χ2n) is 4.48. The number of hydrogen-bond donors (Lipinski definition) is 1. The first kappa shape index (κ1) is 13.2. The fourth-order valence-corrected chi connectivity index (χ4v) is 2.63. The Morgan fingerprint density at radius 1 is 0.889 bits per heavy atom. The number of benzene rings is 1. The topological polar surface area (TPSA) is 29.9 Å². The zero-order valence-corrected chi connectivity index (χ0v) is 12.1. The molecule has 0 saturated carbocycles. The van der Waals surface area contributed by atoms with Crippen molar-refractivity contribution in [2.45, 2.75) is 20.8 Å². The van der Waals surface area contributed by atoms with Crippen molar-refractivity contribution >= 4 is 28.9 Å². The number of pyridine rings is 1. The van der Waals surface area contributed by atoms with E-state index in [9.17, 15) is 0 Å². The van der Waals surface area contributed by atoms with Gasteiger partial charge in [0, 0.05) is 32.0 Å². The molecule has 0 aliphatic rings. The van der Waals surface area contributed by atoms with E-state index in [1.54, 1.807) is 12.1 Å². The van der Waals surface area contributed by atoms with E-state index in [0.29, 0.717) is 15.7 Å². The fraction of sp³-hybridized carbons (Fsp3) is 0.214. The molecule has 0 atom stereocenters. The molecule has 0 bridgehead atoms. The quantitative estimate of drug-likeness (QED) is 0.626. The van der Waals surface area contributed by atoms with E-state index < -0.39 is 0 Å². The third kappa shape index (κ3) is 2.31. The average molecular weight is 282 g/mol. The summed E-state index contributed by atoms with van der Waals surface area (Å²) in [5, 5.41) is 1.11. The van der Waals surface area contributed by atoms with Crippen LogP contribution in [0.3, 0.4) is 0 Å². The van der Waals surface area contributed by atoms with Crippen LogP contribution in [-0.4, -0.2) is 0 Å². The number of anilines is 1. The summed E-state index contributed by atoms with van der Waals surface area (Å²) >= 11 is 12.3. The molecule has 2 aromatic rings. The first-order chi connectivity index (χ1) is 8.40. The van der Waals surface area contributed by atoms with E-state index in [1.165, 1.54) is 5.56 Å². The van der Waals surface area contributed by atoms with Crippen molar-refractivity contribution in [2.24, 2.45) is 0 Å². The molecule has 0 aliphatic carbocycles. The number of nitrogens with zero attached hydrogens (tertiary/aromatic N) is 1. The molecule has 0 aliphatic heterocycles. The lowest BCUT2D eigenvalue weighted by molar-refractivity contribution is -0.609. The monoisotopic (exact) mass is 281 g/mol. The predicted molar refractivity (Wildman–Crippen MR) is 76.6 cm³/mol. The van der Waals surface area contributed by atoms with E-state index >= 15 is 0 Å². The minimum atomic E-state index is 0.494. The molecule has 2 N–H and O–H groups in total. The van der Waals surface area contributed by atoms with Gasteiger partial charge in [-0.15, -0.1) is 0 Å². The van der Waals surface area contributed by atoms with Crippen LogP contribution in [0, 0.1) is 20.8 Å². The molecule has 2 nitrogen and oxygen atoms in total. The summed E-state index contributed by atoms with van der Waals surface area (Å²) in [6.45, 7) is 6.16. The Morgan fingerprint density at radius 3 is 2.00 bits per heavy atom. The number of aryl methyl sites for hydroxylation is 3. The summed E-state index contributed by atoms with van der Waals surface area (Å²) in [4.78, 5) is 0. The third-order valence-corrected chi connectivity index (χ3v) is 3.52. The molecule has 0 radical (unpaired) electrons. The van der Waals surface area contributed by atoms with Gasteiger partial charge in [-0.1, -0.05) is 23.2 Å². The second-order valence-corrected chi connectivity index (χ2v) is 5.29. The van der Waals surface area contributed by atoms with Gasteiger partial charge < -0.3 is 5.73 Å². The second kappa shape index (κ2) is 4.79. The fourth-order valence-electron chi connectivity index (χ4n) is 2.21. The summed E-state index contributed by atoms with van der Waals surface area (Å²) in [5.74, 6) is 0. The van der Waals surface area contributed by atoms with Crippen molar-refractivity contribution in [3.8, 4) is 5.69 Å². The minimum absolute atomic E-state index is 0.494. The highest BCUT2D eigenvalue weighted by Crippen LogP contribution is 2.27. The number of hydrogen-bond acceptors (Lipinski definition) is 1. The highest BCUT2D eigenvalue weighted by Gasteiger charge is 2.20. The Morgan fingerprint density at radius 2 is 1.44 bits per heavy atom. The Labute approximate surface area is 117 Å². The Kier molecular flexibility index (Phi) is 3.51. The van der Waals surface area contributed by atoms with Crippen molar-refractivity contribution in [1.29, 1.82) is 0 Å². The highest BCUT2D eigenvalue weighted by atomic mass is 35.5. The lowest BCUT2D eigenvalue weighted by Gasteiger charge is -2.07. The van der Waals surface area contributed by atoms with E-state index in [4.69, 9.17) is 28.9 Å². The van der Waals surface area contributed by atoms with Crippen LogP contribution in [-0.2, 0) is 0 Å². The Bertz CT molecular complexity index is 598. The van der Waals surface area contributed by atoms with Gasteiger partial charge in [-0.3, -0.25) is 0 Å². The maximum Gasteiger partial charge on any atom is 0.231 e. The summed E-state index contributed by atoms with van der Waals surface area (Å²) in [6.07, 6.45) is 0. The molecule has 0 unspecified atom stereocenters. The molecule has 4 heteroatoms. The number of nitrogens with two attached hydrogens (primary N) is 1. The lowest BCUT2D eigenvalue weighted by atomic mass is 10.2. The molecule has 0 fully saturated rings. The Balaban J connectivity index is 2.73. The molecule has 1 heterocycles. The normalized spacial score (nSPS) is 10.7. The maximum absolute atomic E-state index is 6.26. The number of rotatable bonds is 1. The van der Waals surface area contributed by atoms with Crippen molar-refractivity contribution in [3.63, 3.8) is 0 Å². The van der Waals surface area contributed by atoms with E-state index in [1.807, 2.05) is 13.8 Å². The zero-order chi connectivity index (χ0) is 13.4. The van der Waals surface area contributed by atoms with Crippen LogP contribution in [0.5, 0.6) is 0 Å². The van der Waals surface area contributed by atoms with E-state index in [-0.39, 0.29) is 0 Å². The van der Waals surface area contributed by atoms with Gasteiger partial charge in [0.15, 0.2) is 11.4 Å². The van der Waals surface area contributed by atoms with Gasteiger partial charge in [0.05, 0.1) is 10.7 Å². The summed E-state index contributed by atoms with van der Waals surface area (Å²) < 4.78 is 2.07. The minimum Gasteiger partial charge on any atom is -0.397 e. The van der Waals surface area contributed by atoms with Crippen LogP contribution in [0.2, 0.25) is 10.0 Å². The highest BCUT2D eigenvalue weighted by molar-refractivity contribution is 6.36. The first-order valence-electron chi connectivity index (χ1n) is 5.65.